The van der Waals surface area contributed by atoms with Gasteiger partial charge < -0.3 is 16.0 Å². The predicted octanol–water partition coefficient (Wildman–Crippen LogP) is 1.45. The van der Waals surface area contributed by atoms with E-state index >= 15 is 0 Å². The molecule has 1 aromatic heterocycles. The van der Waals surface area contributed by atoms with Crippen LogP contribution in [0.1, 0.15) is 37.0 Å². The molecule has 2 amide bonds. The number of nitrogens with zero attached hydrogens (tertiary/aromatic N) is 1. The molecule has 1 aromatic rings. The molecule has 2 heterocycles. The predicted molar refractivity (Wildman–Crippen MR) is 84.2 cm³/mol. The molecular formula is C15H23N3O2S. The normalized spacial score (nSPS) is 17.8. The van der Waals surface area contributed by atoms with Crippen molar-refractivity contribution >= 4 is 23.2 Å². The van der Waals surface area contributed by atoms with Crippen molar-refractivity contribution in [3.63, 3.8) is 0 Å². The number of piperidine rings is 1. The van der Waals surface area contributed by atoms with Crippen LogP contribution in [0, 0.1) is 5.92 Å². The molecule has 0 aliphatic carbocycles. The Hall–Kier alpha value is -1.40. The van der Waals surface area contributed by atoms with E-state index in [2.05, 4.69) is 5.32 Å². The van der Waals surface area contributed by atoms with E-state index in [1.54, 1.807) is 0 Å². The van der Waals surface area contributed by atoms with Crippen LogP contribution in [-0.2, 0) is 4.79 Å². The zero-order valence-electron chi connectivity index (χ0n) is 12.5. The highest BCUT2D eigenvalue weighted by atomic mass is 32.1. The van der Waals surface area contributed by atoms with Gasteiger partial charge in [0.2, 0.25) is 5.91 Å². The second-order valence-corrected chi connectivity index (χ2v) is 6.63. The third kappa shape index (κ3) is 4.04. The summed E-state index contributed by atoms with van der Waals surface area (Å²) in [6.07, 6.45) is 1.57. The molecule has 0 spiro atoms. The number of amides is 2. The van der Waals surface area contributed by atoms with E-state index in [0.717, 1.165) is 12.8 Å². The number of hydrogen-bond acceptors (Lipinski definition) is 4. The summed E-state index contributed by atoms with van der Waals surface area (Å²) in [6.45, 7) is 5.23. The summed E-state index contributed by atoms with van der Waals surface area (Å²) in [5.41, 5.74) is 6.62. The third-order valence-electron chi connectivity index (χ3n) is 3.93. The summed E-state index contributed by atoms with van der Waals surface area (Å²) in [5.74, 6) is 0.140. The van der Waals surface area contributed by atoms with E-state index in [-0.39, 0.29) is 23.8 Å². The highest BCUT2D eigenvalue weighted by Crippen LogP contribution is 2.14. The summed E-state index contributed by atoms with van der Waals surface area (Å²) in [6, 6.07) is 1.53. The largest absolute Gasteiger partial charge is 0.349 e. The van der Waals surface area contributed by atoms with Gasteiger partial charge in [-0.3, -0.25) is 9.59 Å². The minimum atomic E-state index is -0.429. The Morgan fingerprint density at radius 1 is 1.38 bits per heavy atom. The highest BCUT2D eigenvalue weighted by molar-refractivity contribution is 7.08. The van der Waals surface area contributed by atoms with Gasteiger partial charge in [-0.2, -0.15) is 11.3 Å². The molecule has 1 fully saturated rings. The number of rotatable bonds is 4. The van der Waals surface area contributed by atoms with Gasteiger partial charge in [0.1, 0.15) is 0 Å². The van der Waals surface area contributed by atoms with Crippen molar-refractivity contribution in [2.75, 3.05) is 13.1 Å². The highest BCUT2D eigenvalue weighted by Gasteiger charge is 2.28. The molecule has 0 unspecified atom stereocenters. The zero-order valence-corrected chi connectivity index (χ0v) is 13.4. The summed E-state index contributed by atoms with van der Waals surface area (Å²) in [7, 11) is 0. The first-order chi connectivity index (χ1) is 9.99. The van der Waals surface area contributed by atoms with Crippen LogP contribution < -0.4 is 11.1 Å². The molecule has 0 saturated carbocycles. The number of carbonyl (C=O) groups excluding carboxylic acids is 2. The summed E-state index contributed by atoms with van der Waals surface area (Å²) < 4.78 is 0. The SMILES string of the molecule is CC(C)[C@H](N)C(=O)N1CCC(NC(=O)c2ccsc2)CC1. The van der Waals surface area contributed by atoms with Crippen LogP contribution in [0.5, 0.6) is 0 Å². The number of nitrogens with two attached hydrogens (primary N) is 1. The van der Waals surface area contributed by atoms with Gasteiger partial charge in [0, 0.05) is 30.1 Å². The maximum atomic E-state index is 12.2. The number of hydrogen-bond donors (Lipinski definition) is 2. The number of carbonyl (C=O) groups is 2. The molecule has 6 heteroatoms. The van der Waals surface area contributed by atoms with Crippen LogP contribution in [0.4, 0.5) is 0 Å². The Bertz CT molecular complexity index is 479. The second-order valence-electron chi connectivity index (χ2n) is 5.85. The smallest absolute Gasteiger partial charge is 0.252 e. The van der Waals surface area contributed by atoms with Crippen molar-refractivity contribution in [1.82, 2.24) is 10.2 Å². The molecule has 1 atom stereocenters. The molecule has 2 rings (SSSR count). The van der Waals surface area contributed by atoms with Crippen LogP contribution >= 0.6 is 11.3 Å². The number of nitrogens with one attached hydrogen (secondary N) is 1. The molecule has 1 aliphatic rings. The molecule has 0 bridgehead atoms. The molecule has 1 aliphatic heterocycles. The molecule has 1 saturated heterocycles. The number of thiophene rings is 1. The average Bonchev–Trinajstić information content (AvgIpc) is 3.00. The quantitative estimate of drug-likeness (QED) is 0.884. The standard InChI is InChI=1S/C15H23N3O2S/c1-10(2)13(16)15(20)18-6-3-12(4-7-18)17-14(19)11-5-8-21-9-11/h5,8-10,12-13H,3-4,6-7,16H2,1-2H3,(H,17,19)/t13-/m0/s1. The van der Waals surface area contributed by atoms with Crippen molar-refractivity contribution in [2.24, 2.45) is 11.7 Å². The lowest BCUT2D eigenvalue weighted by Crippen LogP contribution is -2.52. The Kier molecular flexibility index (Phi) is 5.36. The topological polar surface area (TPSA) is 75.4 Å². The Morgan fingerprint density at radius 2 is 2.05 bits per heavy atom. The van der Waals surface area contributed by atoms with E-state index < -0.39 is 6.04 Å². The van der Waals surface area contributed by atoms with E-state index in [0.29, 0.717) is 18.7 Å². The third-order valence-corrected chi connectivity index (χ3v) is 4.61. The molecule has 21 heavy (non-hydrogen) atoms. The van der Waals surface area contributed by atoms with Gasteiger partial charge in [-0.15, -0.1) is 0 Å². The van der Waals surface area contributed by atoms with Crippen molar-refractivity contribution < 1.29 is 9.59 Å². The van der Waals surface area contributed by atoms with Crippen molar-refractivity contribution in [2.45, 2.75) is 38.8 Å². The van der Waals surface area contributed by atoms with Crippen LogP contribution in [0.15, 0.2) is 16.8 Å². The van der Waals surface area contributed by atoms with Crippen LogP contribution in [0.25, 0.3) is 0 Å². The molecule has 5 nitrogen and oxygen atoms in total. The first-order valence-corrected chi connectivity index (χ1v) is 8.30. The lowest BCUT2D eigenvalue weighted by atomic mass is 10.00. The maximum absolute atomic E-state index is 12.2. The maximum Gasteiger partial charge on any atom is 0.252 e. The van der Waals surface area contributed by atoms with Gasteiger partial charge in [-0.1, -0.05) is 13.8 Å². The van der Waals surface area contributed by atoms with Crippen LogP contribution in [-0.4, -0.2) is 41.9 Å². The van der Waals surface area contributed by atoms with Crippen molar-refractivity contribution in [1.29, 1.82) is 0 Å². The molecule has 3 N–H and O–H groups in total. The van der Waals surface area contributed by atoms with Gasteiger partial charge in [-0.25, -0.2) is 0 Å². The fourth-order valence-electron chi connectivity index (χ4n) is 2.40. The van der Waals surface area contributed by atoms with E-state index in [9.17, 15) is 9.59 Å². The van der Waals surface area contributed by atoms with Crippen molar-refractivity contribution in [3.8, 4) is 0 Å². The van der Waals surface area contributed by atoms with Gasteiger partial charge in [0.25, 0.3) is 5.91 Å². The first-order valence-electron chi connectivity index (χ1n) is 7.36. The van der Waals surface area contributed by atoms with E-state index in [1.807, 2.05) is 35.6 Å². The lowest BCUT2D eigenvalue weighted by Gasteiger charge is -2.34. The first kappa shape index (κ1) is 16.0. The van der Waals surface area contributed by atoms with Gasteiger partial charge in [0.15, 0.2) is 0 Å². The fraction of sp³-hybridized carbons (Fsp3) is 0.600. The average molecular weight is 309 g/mol. The molecule has 0 aromatic carbocycles. The fourth-order valence-corrected chi connectivity index (χ4v) is 3.04. The zero-order chi connectivity index (χ0) is 15.4. The van der Waals surface area contributed by atoms with E-state index in [1.165, 1.54) is 11.3 Å². The Labute approximate surface area is 129 Å². The van der Waals surface area contributed by atoms with Gasteiger partial charge in [0.05, 0.1) is 6.04 Å². The minimum Gasteiger partial charge on any atom is -0.349 e. The lowest BCUT2D eigenvalue weighted by molar-refractivity contribution is -0.134. The summed E-state index contributed by atoms with van der Waals surface area (Å²) in [5, 5.41) is 6.77. The Morgan fingerprint density at radius 3 is 2.57 bits per heavy atom. The van der Waals surface area contributed by atoms with Crippen LogP contribution in [0.2, 0.25) is 0 Å². The van der Waals surface area contributed by atoms with Gasteiger partial charge in [-0.05, 0) is 30.2 Å². The molecule has 0 radical (unpaired) electrons. The molecule has 116 valence electrons. The van der Waals surface area contributed by atoms with E-state index in [4.69, 9.17) is 5.73 Å². The summed E-state index contributed by atoms with van der Waals surface area (Å²) >= 11 is 1.51. The van der Waals surface area contributed by atoms with Gasteiger partial charge >= 0.3 is 0 Å². The molecular weight excluding hydrogens is 286 g/mol. The minimum absolute atomic E-state index is 0.0209. The monoisotopic (exact) mass is 309 g/mol. The Balaban J connectivity index is 1.81. The van der Waals surface area contributed by atoms with Crippen LogP contribution in [0.3, 0.4) is 0 Å². The van der Waals surface area contributed by atoms with Crippen molar-refractivity contribution in [3.05, 3.63) is 22.4 Å². The number of likely N-dealkylation sites (tertiary alicyclic amines) is 1. The summed E-state index contributed by atoms with van der Waals surface area (Å²) in [4.78, 5) is 26.0. The second kappa shape index (κ2) is 7.04.